The van der Waals surface area contributed by atoms with Crippen LogP contribution in [0.4, 0.5) is 13.2 Å². The molecule has 4 rings (SSSR count). The molecule has 1 aliphatic rings. The van der Waals surface area contributed by atoms with Crippen LogP contribution in [0.1, 0.15) is 18.4 Å². The lowest BCUT2D eigenvalue weighted by molar-refractivity contribution is -0.137. The summed E-state index contributed by atoms with van der Waals surface area (Å²) < 4.78 is 46.2. The van der Waals surface area contributed by atoms with Gasteiger partial charge in [0.1, 0.15) is 17.7 Å². The van der Waals surface area contributed by atoms with E-state index in [9.17, 15) is 18.3 Å². The Morgan fingerprint density at radius 3 is 2.62 bits per heavy atom. The summed E-state index contributed by atoms with van der Waals surface area (Å²) in [5, 5.41) is 10.2. The molecule has 0 bridgehead atoms. The summed E-state index contributed by atoms with van der Waals surface area (Å²) in [6, 6.07) is 6.41. The van der Waals surface area contributed by atoms with Crippen LogP contribution in [0.5, 0.6) is 11.6 Å². The molecule has 3 aromatic rings. The number of aryl methyl sites for hydroxylation is 1. The predicted molar refractivity (Wildman–Crippen MR) is 102 cm³/mol. The number of benzene rings is 1. The number of imidazole rings is 1. The smallest absolute Gasteiger partial charge is 0.416 e. The average molecular weight is 406 g/mol. The van der Waals surface area contributed by atoms with Crippen LogP contribution in [-0.2, 0) is 13.2 Å². The second kappa shape index (κ2) is 7.22. The zero-order chi connectivity index (χ0) is 20.8. The molecule has 1 N–H and O–H groups in total. The van der Waals surface area contributed by atoms with Gasteiger partial charge in [0, 0.05) is 19.7 Å². The number of alkyl halides is 3. The summed E-state index contributed by atoms with van der Waals surface area (Å²) in [6.45, 7) is 1.87. The number of nitrogens with zero attached hydrogens (tertiary/aromatic N) is 4. The quantitative estimate of drug-likeness (QED) is 0.716. The van der Waals surface area contributed by atoms with Crippen molar-refractivity contribution in [2.24, 2.45) is 7.05 Å². The topological polar surface area (TPSA) is 63.4 Å². The molecule has 0 amide bonds. The highest BCUT2D eigenvalue weighted by Crippen LogP contribution is 2.37. The molecule has 0 aliphatic carbocycles. The Bertz CT molecular complexity index is 1050. The number of hydrogen-bond acceptors (Lipinski definition) is 5. The van der Waals surface area contributed by atoms with E-state index in [0.717, 1.165) is 32.0 Å². The summed E-state index contributed by atoms with van der Waals surface area (Å²) in [5.74, 6) is 0.298. The highest BCUT2D eigenvalue weighted by Gasteiger charge is 2.31. The minimum Gasteiger partial charge on any atom is -0.507 e. The summed E-state index contributed by atoms with van der Waals surface area (Å²) in [6.07, 6.45) is -2.45. The van der Waals surface area contributed by atoms with Crippen LogP contribution in [-0.4, -0.2) is 50.8 Å². The normalized spacial score (nSPS) is 18.3. The molecule has 1 atom stereocenters. The second-order valence-electron chi connectivity index (χ2n) is 7.36. The summed E-state index contributed by atoms with van der Waals surface area (Å²) in [4.78, 5) is 11.1. The number of aromatic hydroxyl groups is 1. The monoisotopic (exact) mass is 406 g/mol. The van der Waals surface area contributed by atoms with Crippen LogP contribution in [0.25, 0.3) is 22.6 Å². The summed E-state index contributed by atoms with van der Waals surface area (Å²) >= 11 is 0. The number of likely N-dealkylation sites (N-methyl/N-ethyl adjacent to an activating group) is 1. The molecular weight excluding hydrogens is 385 g/mol. The zero-order valence-corrected chi connectivity index (χ0v) is 16.1. The Morgan fingerprint density at radius 2 is 1.93 bits per heavy atom. The van der Waals surface area contributed by atoms with E-state index < -0.39 is 17.5 Å². The van der Waals surface area contributed by atoms with Gasteiger partial charge in [-0.3, -0.25) is 0 Å². The van der Waals surface area contributed by atoms with Gasteiger partial charge in [0.05, 0.1) is 16.6 Å². The molecule has 0 spiro atoms. The Labute approximate surface area is 165 Å². The first-order chi connectivity index (χ1) is 13.7. The van der Waals surface area contributed by atoms with E-state index in [1.807, 2.05) is 13.1 Å². The first-order valence-electron chi connectivity index (χ1n) is 9.31. The van der Waals surface area contributed by atoms with E-state index in [1.165, 1.54) is 6.07 Å². The van der Waals surface area contributed by atoms with Gasteiger partial charge >= 0.3 is 6.18 Å². The number of phenolic OH excluding ortho intramolecular Hbond substituents is 1. The molecule has 3 heterocycles. The van der Waals surface area contributed by atoms with Gasteiger partial charge in [-0.25, -0.2) is 4.98 Å². The fraction of sp³-hybridized carbons (Fsp3) is 0.400. The van der Waals surface area contributed by atoms with Crippen molar-refractivity contribution in [3.05, 3.63) is 35.9 Å². The maximum Gasteiger partial charge on any atom is 0.416 e. The van der Waals surface area contributed by atoms with Gasteiger partial charge in [0.15, 0.2) is 5.65 Å². The number of ether oxygens (including phenoxy) is 1. The van der Waals surface area contributed by atoms with E-state index in [1.54, 1.807) is 17.7 Å². The van der Waals surface area contributed by atoms with Crippen LogP contribution < -0.4 is 4.74 Å². The van der Waals surface area contributed by atoms with Crippen molar-refractivity contribution in [1.82, 2.24) is 19.4 Å². The lowest BCUT2D eigenvalue weighted by Gasteiger charge is -2.29. The van der Waals surface area contributed by atoms with E-state index in [2.05, 4.69) is 14.9 Å². The minimum absolute atomic E-state index is 0.0563. The Morgan fingerprint density at radius 1 is 1.14 bits per heavy atom. The van der Waals surface area contributed by atoms with Gasteiger partial charge in [-0.05, 0) is 50.7 Å². The van der Waals surface area contributed by atoms with Crippen molar-refractivity contribution in [3.8, 4) is 23.0 Å². The molecule has 1 aliphatic heterocycles. The van der Waals surface area contributed by atoms with Gasteiger partial charge in [-0.1, -0.05) is 0 Å². The third kappa shape index (κ3) is 3.87. The number of hydrogen-bond donors (Lipinski definition) is 1. The zero-order valence-electron chi connectivity index (χ0n) is 16.1. The number of rotatable bonds is 3. The van der Waals surface area contributed by atoms with Crippen LogP contribution >= 0.6 is 0 Å². The van der Waals surface area contributed by atoms with Crippen molar-refractivity contribution in [2.45, 2.75) is 25.1 Å². The van der Waals surface area contributed by atoms with Crippen molar-refractivity contribution in [2.75, 3.05) is 20.1 Å². The first-order valence-corrected chi connectivity index (χ1v) is 9.31. The molecule has 0 saturated carbocycles. The molecule has 2 aromatic heterocycles. The molecule has 29 heavy (non-hydrogen) atoms. The van der Waals surface area contributed by atoms with Gasteiger partial charge < -0.3 is 19.3 Å². The number of piperidine rings is 1. The van der Waals surface area contributed by atoms with Crippen molar-refractivity contribution in [1.29, 1.82) is 0 Å². The number of fused-ring (bicyclic) bond motifs is 1. The van der Waals surface area contributed by atoms with Gasteiger partial charge in [-0.15, -0.1) is 0 Å². The number of likely N-dealkylation sites (tertiary alicyclic amines) is 1. The Kier molecular flexibility index (Phi) is 4.85. The molecule has 1 unspecified atom stereocenters. The Hall–Kier alpha value is -2.81. The largest absolute Gasteiger partial charge is 0.507 e. The number of pyridine rings is 1. The van der Waals surface area contributed by atoms with Crippen molar-refractivity contribution >= 4 is 11.2 Å². The summed E-state index contributed by atoms with van der Waals surface area (Å²) in [7, 11) is 3.77. The highest BCUT2D eigenvalue weighted by atomic mass is 19.4. The van der Waals surface area contributed by atoms with Gasteiger partial charge in [0.25, 0.3) is 0 Å². The van der Waals surface area contributed by atoms with Crippen LogP contribution in [0, 0.1) is 0 Å². The highest BCUT2D eigenvalue weighted by molar-refractivity contribution is 5.79. The van der Waals surface area contributed by atoms with Crippen LogP contribution in [0.15, 0.2) is 30.3 Å². The molecular formula is C20H21F3N4O2. The second-order valence-corrected chi connectivity index (χ2v) is 7.36. The van der Waals surface area contributed by atoms with Gasteiger partial charge in [-0.2, -0.15) is 18.2 Å². The number of aromatic nitrogens is 3. The fourth-order valence-corrected chi connectivity index (χ4v) is 3.65. The molecule has 6 nitrogen and oxygen atoms in total. The minimum atomic E-state index is -4.52. The Balaban J connectivity index is 1.65. The van der Waals surface area contributed by atoms with E-state index in [4.69, 9.17) is 4.74 Å². The van der Waals surface area contributed by atoms with E-state index in [0.29, 0.717) is 28.9 Å². The van der Waals surface area contributed by atoms with Crippen molar-refractivity contribution in [3.63, 3.8) is 0 Å². The summed E-state index contributed by atoms with van der Waals surface area (Å²) in [5.41, 5.74) is 0.384. The average Bonchev–Trinajstić information content (AvgIpc) is 2.97. The molecule has 1 fully saturated rings. The first kappa shape index (κ1) is 19.5. The number of phenols is 1. The lowest BCUT2D eigenvalue weighted by atomic mass is 10.1. The standard InChI is InChI=1S/C20H21F3N4O2/c1-26-9-3-4-13(11-26)29-17-8-7-15-18(24-17)25-19(27(15)2)14-6-5-12(10-16(14)28)20(21,22)23/h5-8,10,13,28H,3-4,9,11H2,1-2H3. The maximum absolute atomic E-state index is 12.9. The molecule has 154 valence electrons. The molecule has 0 radical (unpaired) electrons. The fourth-order valence-electron chi connectivity index (χ4n) is 3.65. The molecule has 1 aromatic carbocycles. The molecule has 9 heteroatoms. The lowest BCUT2D eigenvalue weighted by Crippen LogP contribution is -2.38. The predicted octanol–water partition coefficient (Wildman–Crippen LogP) is 3.83. The van der Waals surface area contributed by atoms with Crippen molar-refractivity contribution < 1.29 is 23.0 Å². The molecule has 1 saturated heterocycles. The van der Waals surface area contributed by atoms with E-state index >= 15 is 0 Å². The van der Waals surface area contributed by atoms with E-state index in [-0.39, 0.29) is 11.7 Å². The maximum atomic E-state index is 12.9. The van der Waals surface area contributed by atoms with Crippen LogP contribution in [0.3, 0.4) is 0 Å². The van der Waals surface area contributed by atoms with Gasteiger partial charge in [0.2, 0.25) is 5.88 Å². The number of halogens is 3. The SMILES string of the molecule is CN1CCCC(Oc2ccc3c(n2)nc(-c2ccc(C(F)(F)F)cc2O)n3C)C1. The third-order valence-corrected chi connectivity index (χ3v) is 5.15. The van der Waals surface area contributed by atoms with Crippen LogP contribution in [0.2, 0.25) is 0 Å². The third-order valence-electron chi connectivity index (χ3n) is 5.15.